The van der Waals surface area contributed by atoms with Gasteiger partial charge in [-0.3, -0.25) is 19.9 Å². The van der Waals surface area contributed by atoms with Crippen molar-refractivity contribution in [2.75, 3.05) is 26.4 Å². The predicted octanol–water partition coefficient (Wildman–Crippen LogP) is 3.79. The van der Waals surface area contributed by atoms with Crippen molar-refractivity contribution in [2.45, 2.75) is 32.9 Å². The third-order valence-corrected chi connectivity index (χ3v) is 5.08. The van der Waals surface area contributed by atoms with E-state index in [1.807, 2.05) is 67.0 Å². The molecule has 0 aromatic carbocycles. The molecule has 3 aromatic heterocycles. The first-order valence-corrected chi connectivity index (χ1v) is 11.5. The number of hydrogen-bond donors (Lipinski definition) is 0. The van der Waals surface area contributed by atoms with Crippen molar-refractivity contribution in [3.8, 4) is 0 Å². The fourth-order valence-corrected chi connectivity index (χ4v) is 3.31. The Bertz CT molecular complexity index is 987. The van der Waals surface area contributed by atoms with E-state index in [0.717, 1.165) is 48.8 Å². The van der Waals surface area contributed by atoms with Crippen LogP contribution >= 0.6 is 0 Å². The fourth-order valence-electron chi connectivity index (χ4n) is 3.31. The smallest absolute Gasteiger partial charge is 0.333 e. The average Bonchev–Trinajstić information content (AvgIpc) is 2.85. The maximum Gasteiger partial charge on any atom is 0.333 e. The van der Waals surface area contributed by atoms with E-state index in [4.69, 9.17) is 9.47 Å². The molecule has 0 fully saturated rings. The van der Waals surface area contributed by atoms with E-state index in [-0.39, 0.29) is 5.97 Å². The summed E-state index contributed by atoms with van der Waals surface area (Å²) >= 11 is 0. The lowest BCUT2D eigenvalue weighted by Crippen LogP contribution is -2.28. The Hall–Kier alpha value is -3.42. The monoisotopic (exact) mass is 460 g/mol. The van der Waals surface area contributed by atoms with Crippen molar-refractivity contribution >= 4 is 5.97 Å². The van der Waals surface area contributed by atoms with Crippen LogP contribution in [0.25, 0.3) is 0 Å². The number of nitrogens with zero attached hydrogens (tertiary/aromatic N) is 4. The minimum Gasteiger partial charge on any atom is -0.462 e. The topological polar surface area (TPSA) is 77.4 Å². The van der Waals surface area contributed by atoms with Gasteiger partial charge in [0.15, 0.2) is 0 Å². The third kappa shape index (κ3) is 9.21. The molecule has 0 atom stereocenters. The van der Waals surface area contributed by atoms with Gasteiger partial charge in [-0.25, -0.2) is 4.79 Å². The van der Waals surface area contributed by atoms with Crippen LogP contribution in [0.15, 0.2) is 79.1 Å². The van der Waals surface area contributed by atoms with Crippen molar-refractivity contribution in [2.24, 2.45) is 0 Å². The zero-order valence-corrected chi connectivity index (χ0v) is 19.7. The van der Waals surface area contributed by atoms with Crippen LogP contribution in [0.1, 0.15) is 29.7 Å². The summed E-state index contributed by atoms with van der Waals surface area (Å²) in [6.07, 6.45) is 4.93. The van der Waals surface area contributed by atoms with E-state index in [9.17, 15) is 4.79 Å². The Labute approximate surface area is 201 Å². The number of rotatable bonds is 14. The standard InChI is InChI=1S/C27H32N4O3/c1-22(2)27(32)34-18-13-24-11-7-10-23(30-24)12-17-33-19-16-31(20-25-8-3-5-14-28-25)21-26-9-4-6-15-29-26/h3-11,14-15H,1,12-13,16-21H2,2H3. The summed E-state index contributed by atoms with van der Waals surface area (Å²) in [7, 11) is 0. The van der Waals surface area contributed by atoms with Gasteiger partial charge in [0.2, 0.25) is 0 Å². The molecule has 0 unspecified atom stereocenters. The molecular weight excluding hydrogens is 428 g/mol. The molecule has 0 saturated carbocycles. The Morgan fingerprint density at radius 3 is 1.97 bits per heavy atom. The molecule has 0 bridgehead atoms. The molecule has 3 heterocycles. The summed E-state index contributed by atoms with van der Waals surface area (Å²) in [6, 6.07) is 17.8. The Morgan fingerprint density at radius 1 is 0.824 bits per heavy atom. The number of esters is 1. The lowest BCUT2D eigenvalue weighted by molar-refractivity contribution is -0.138. The van der Waals surface area contributed by atoms with Crippen molar-refractivity contribution < 1.29 is 14.3 Å². The highest BCUT2D eigenvalue weighted by atomic mass is 16.5. The summed E-state index contributed by atoms with van der Waals surface area (Å²) in [6.45, 7) is 8.95. The van der Waals surface area contributed by atoms with Crippen LogP contribution in [0.4, 0.5) is 0 Å². The van der Waals surface area contributed by atoms with E-state index in [1.54, 1.807) is 6.92 Å². The zero-order valence-electron chi connectivity index (χ0n) is 19.7. The van der Waals surface area contributed by atoms with Gasteiger partial charge in [0.25, 0.3) is 0 Å². The minimum atomic E-state index is -0.371. The van der Waals surface area contributed by atoms with Gasteiger partial charge in [-0.15, -0.1) is 0 Å². The third-order valence-electron chi connectivity index (χ3n) is 5.08. The van der Waals surface area contributed by atoms with Gasteiger partial charge < -0.3 is 9.47 Å². The van der Waals surface area contributed by atoms with Crippen molar-refractivity contribution in [3.63, 3.8) is 0 Å². The number of carbonyl (C=O) groups excluding carboxylic acids is 1. The number of ether oxygens (including phenoxy) is 2. The summed E-state index contributed by atoms with van der Waals surface area (Å²) in [5, 5.41) is 0. The highest BCUT2D eigenvalue weighted by Gasteiger charge is 2.09. The zero-order chi connectivity index (χ0) is 24.0. The van der Waals surface area contributed by atoms with Crippen molar-refractivity contribution in [1.82, 2.24) is 19.9 Å². The van der Waals surface area contributed by atoms with E-state index >= 15 is 0 Å². The van der Waals surface area contributed by atoms with Gasteiger partial charge in [0.05, 0.1) is 31.2 Å². The molecule has 3 aromatic rings. The number of aromatic nitrogens is 3. The molecule has 0 spiro atoms. The lowest BCUT2D eigenvalue weighted by Gasteiger charge is -2.21. The second kappa shape index (κ2) is 14.0. The maximum absolute atomic E-state index is 11.5. The lowest BCUT2D eigenvalue weighted by atomic mass is 10.2. The first-order valence-electron chi connectivity index (χ1n) is 11.5. The molecular formula is C27H32N4O3. The van der Waals surface area contributed by atoms with Crippen LogP contribution in [-0.4, -0.2) is 52.2 Å². The normalized spacial score (nSPS) is 10.9. The predicted molar refractivity (Wildman–Crippen MR) is 131 cm³/mol. The molecule has 7 nitrogen and oxygen atoms in total. The van der Waals surface area contributed by atoms with Gasteiger partial charge in [0, 0.05) is 61.8 Å². The number of carbonyl (C=O) groups is 1. The Kier molecular flexibility index (Phi) is 10.4. The summed E-state index contributed by atoms with van der Waals surface area (Å²) in [5.74, 6) is -0.371. The highest BCUT2D eigenvalue weighted by Crippen LogP contribution is 2.07. The van der Waals surface area contributed by atoms with Crippen LogP contribution in [0.3, 0.4) is 0 Å². The van der Waals surface area contributed by atoms with E-state index < -0.39 is 0 Å². The summed E-state index contributed by atoms with van der Waals surface area (Å²) in [4.78, 5) is 27.3. The minimum absolute atomic E-state index is 0.293. The fraction of sp³-hybridized carbons (Fsp3) is 0.333. The molecule has 0 aliphatic heterocycles. The summed E-state index contributed by atoms with van der Waals surface area (Å²) < 4.78 is 11.1. The van der Waals surface area contributed by atoms with Gasteiger partial charge in [-0.2, -0.15) is 0 Å². The average molecular weight is 461 g/mol. The van der Waals surface area contributed by atoms with Gasteiger partial charge in [0.1, 0.15) is 0 Å². The first-order chi connectivity index (χ1) is 16.6. The van der Waals surface area contributed by atoms with Gasteiger partial charge in [-0.05, 0) is 43.3 Å². The van der Waals surface area contributed by atoms with E-state index in [2.05, 4.69) is 26.4 Å². The molecule has 0 aliphatic carbocycles. The molecule has 0 N–H and O–H groups in total. The molecule has 0 saturated heterocycles. The Morgan fingerprint density at radius 2 is 1.41 bits per heavy atom. The molecule has 0 amide bonds. The van der Waals surface area contributed by atoms with Gasteiger partial charge in [-0.1, -0.05) is 24.8 Å². The second-order valence-electron chi connectivity index (χ2n) is 8.00. The number of pyridine rings is 3. The maximum atomic E-state index is 11.5. The van der Waals surface area contributed by atoms with E-state index in [0.29, 0.717) is 31.8 Å². The molecule has 0 aliphatic rings. The van der Waals surface area contributed by atoms with Crippen LogP contribution in [0.5, 0.6) is 0 Å². The van der Waals surface area contributed by atoms with Gasteiger partial charge >= 0.3 is 5.97 Å². The highest BCUT2D eigenvalue weighted by molar-refractivity contribution is 5.86. The largest absolute Gasteiger partial charge is 0.462 e. The van der Waals surface area contributed by atoms with Crippen LogP contribution in [0.2, 0.25) is 0 Å². The van der Waals surface area contributed by atoms with E-state index in [1.165, 1.54) is 0 Å². The van der Waals surface area contributed by atoms with Crippen LogP contribution < -0.4 is 0 Å². The first kappa shape index (κ1) is 25.2. The summed E-state index contributed by atoms with van der Waals surface area (Å²) in [5.41, 5.74) is 4.30. The molecule has 178 valence electrons. The second-order valence-corrected chi connectivity index (χ2v) is 8.00. The quantitative estimate of drug-likeness (QED) is 0.206. The molecule has 34 heavy (non-hydrogen) atoms. The van der Waals surface area contributed by atoms with Crippen molar-refractivity contribution in [1.29, 1.82) is 0 Å². The number of hydrogen-bond acceptors (Lipinski definition) is 7. The SMILES string of the molecule is C=C(C)C(=O)OCCc1cccc(CCOCCN(Cc2ccccn2)Cc2ccccn2)n1. The van der Waals surface area contributed by atoms with Crippen molar-refractivity contribution in [3.05, 3.63) is 102 Å². The Balaban J connectivity index is 1.42. The molecule has 7 heteroatoms. The van der Waals surface area contributed by atoms with Crippen LogP contribution in [0, 0.1) is 0 Å². The molecule has 3 rings (SSSR count). The molecule has 0 radical (unpaired) electrons. The van der Waals surface area contributed by atoms with Crippen LogP contribution in [-0.2, 0) is 40.2 Å².